The van der Waals surface area contributed by atoms with Crippen LogP contribution in [0.5, 0.6) is 0 Å². The molecule has 0 aliphatic rings. The van der Waals surface area contributed by atoms with Crippen LogP contribution in [0.2, 0.25) is 0 Å². The molecule has 3 aromatic rings. The molecular weight excluding hydrogens is 386 g/mol. The number of halogens is 3. The van der Waals surface area contributed by atoms with Crippen molar-refractivity contribution in [1.29, 1.82) is 0 Å². The maximum absolute atomic E-state index is 14.4. The lowest BCUT2D eigenvalue weighted by Crippen LogP contribution is -2.44. The summed E-state index contributed by atoms with van der Waals surface area (Å²) in [7, 11) is 1.86. The van der Waals surface area contributed by atoms with Crippen LogP contribution in [0.25, 0.3) is 0 Å². The Morgan fingerprint density at radius 1 is 1.14 bits per heavy atom. The summed E-state index contributed by atoms with van der Waals surface area (Å²) in [5.41, 5.74) is -0.375. The smallest absolute Gasteiger partial charge is 0.137 e. The number of aliphatic hydroxyl groups is 1. The second kappa shape index (κ2) is 9.73. The molecule has 0 aliphatic carbocycles. The predicted molar refractivity (Wildman–Crippen MR) is 105 cm³/mol. The molecular formula is C20H23ClF2N4O. The maximum atomic E-state index is 14.4. The first-order valence-corrected chi connectivity index (χ1v) is 8.69. The number of likely N-dealkylation sites (N-methyl/N-ethyl adjacent to an activating group) is 1. The Balaban J connectivity index is 0.00000280. The molecule has 8 heteroatoms. The molecule has 28 heavy (non-hydrogen) atoms. The first kappa shape index (κ1) is 21.9. The Labute approximate surface area is 169 Å². The summed E-state index contributed by atoms with van der Waals surface area (Å²) < 4.78 is 29.2. The van der Waals surface area contributed by atoms with Gasteiger partial charge in [0, 0.05) is 24.7 Å². The molecule has 1 unspecified atom stereocenters. The van der Waals surface area contributed by atoms with Crippen LogP contribution < -0.4 is 0 Å². The van der Waals surface area contributed by atoms with E-state index in [-0.39, 0.29) is 31.1 Å². The van der Waals surface area contributed by atoms with Gasteiger partial charge in [-0.15, -0.1) is 12.4 Å². The van der Waals surface area contributed by atoms with E-state index in [4.69, 9.17) is 0 Å². The van der Waals surface area contributed by atoms with E-state index in [9.17, 15) is 13.9 Å². The van der Waals surface area contributed by atoms with Crippen LogP contribution in [0.1, 0.15) is 11.1 Å². The highest BCUT2D eigenvalue weighted by Gasteiger charge is 2.34. The summed E-state index contributed by atoms with van der Waals surface area (Å²) in [4.78, 5) is 5.79. The quantitative estimate of drug-likeness (QED) is 0.622. The van der Waals surface area contributed by atoms with Crippen molar-refractivity contribution in [2.45, 2.75) is 18.6 Å². The summed E-state index contributed by atoms with van der Waals surface area (Å²) in [6.45, 7) is 0.833. The second-order valence-corrected chi connectivity index (χ2v) is 6.72. The topological polar surface area (TPSA) is 54.2 Å². The van der Waals surface area contributed by atoms with Gasteiger partial charge in [-0.05, 0) is 25.1 Å². The molecule has 5 nitrogen and oxygen atoms in total. The van der Waals surface area contributed by atoms with E-state index in [0.29, 0.717) is 6.54 Å². The van der Waals surface area contributed by atoms with E-state index in [1.165, 1.54) is 29.0 Å². The fraction of sp³-hybridized carbons (Fsp3) is 0.300. The maximum Gasteiger partial charge on any atom is 0.137 e. The van der Waals surface area contributed by atoms with E-state index in [1.807, 2.05) is 42.3 Å². The summed E-state index contributed by atoms with van der Waals surface area (Å²) >= 11 is 0. The zero-order valence-corrected chi connectivity index (χ0v) is 16.3. The fourth-order valence-corrected chi connectivity index (χ4v) is 3.16. The van der Waals surface area contributed by atoms with Crippen LogP contribution in [-0.4, -0.2) is 44.9 Å². The molecule has 0 saturated carbocycles. The number of aromatic nitrogens is 3. The Bertz CT molecular complexity index is 864. The average Bonchev–Trinajstić information content (AvgIpc) is 3.13. The molecule has 0 bridgehead atoms. The molecule has 0 amide bonds. The van der Waals surface area contributed by atoms with Crippen LogP contribution in [0.4, 0.5) is 8.78 Å². The van der Waals surface area contributed by atoms with E-state index >= 15 is 0 Å². The normalized spacial score (nSPS) is 13.2. The monoisotopic (exact) mass is 408 g/mol. The number of hydrogen-bond donors (Lipinski definition) is 1. The minimum absolute atomic E-state index is 0. The first-order chi connectivity index (χ1) is 13.0. The molecule has 1 N–H and O–H groups in total. The average molecular weight is 409 g/mol. The van der Waals surface area contributed by atoms with E-state index in [1.54, 1.807) is 0 Å². The van der Waals surface area contributed by atoms with E-state index in [0.717, 1.165) is 18.6 Å². The van der Waals surface area contributed by atoms with Crippen molar-refractivity contribution in [2.75, 3.05) is 20.1 Å². The van der Waals surface area contributed by atoms with Gasteiger partial charge in [0.15, 0.2) is 0 Å². The van der Waals surface area contributed by atoms with Gasteiger partial charge < -0.3 is 10.0 Å². The van der Waals surface area contributed by atoms with Gasteiger partial charge in [-0.25, -0.2) is 18.4 Å². The highest BCUT2D eigenvalue weighted by Crippen LogP contribution is 2.27. The largest absolute Gasteiger partial charge is 0.382 e. The Morgan fingerprint density at radius 2 is 1.89 bits per heavy atom. The van der Waals surface area contributed by atoms with Crippen LogP contribution in [0, 0.1) is 11.6 Å². The summed E-state index contributed by atoms with van der Waals surface area (Å²) in [6.07, 6.45) is 3.60. The van der Waals surface area contributed by atoms with Crippen molar-refractivity contribution in [1.82, 2.24) is 19.7 Å². The fourth-order valence-electron chi connectivity index (χ4n) is 3.16. The second-order valence-electron chi connectivity index (χ2n) is 6.72. The molecule has 0 radical (unpaired) electrons. The highest BCUT2D eigenvalue weighted by molar-refractivity contribution is 5.85. The SMILES string of the molecule is CN(CCc1ccccc1)CC(O)(Cn1cncn1)c1ccc(F)cc1F.Cl. The van der Waals surface area contributed by atoms with Crippen molar-refractivity contribution in [2.24, 2.45) is 0 Å². The minimum atomic E-state index is -1.59. The lowest BCUT2D eigenvalue weighted by molar-refractivity contribution is -0.0156. The van der Waals surface area contributed by atoms with Crippen LogP contribution in [0.3, 0.4) is 0 Å². The van der Waals surface area contributed by atoms with Gasteiger partial charge in [0.25, 0.3) is 0 Å². The summed E-state index contributed by atoms with van der Waals surface area (Å²) in [5.74, 6) is -1.47. The van der Waals surface area contributed by atoms with Gasteiger partial charge in [-0.1, -0.05) is 36.4 Å². The standard InChI is InChI=1S/C20H22F2N4O.ClH/c1-25(10-9-16-5-3-2-4-6-16)12-20(27,13-26-15-23-14-24-26)18-8-7-17(21)11-19(18)22;/h2-8,11,14-15,27H,9-10,12-13H2,1H3;1H. The molecule has 1 heterocycles. The third-order valence-corrected chi connectivity index (χ3v) is 4.48. The highest BCUT2D eigenvalue weighted by atomic mass is 35.5. The zero-order chi connectivity index (χ0) is 19.3. The number of rotatable bonds is 8. The number of benzene rings is 2. The molecule has 0 saturated heterocycles. The Morgan fingerprint density at radius 3 is 2.54 bits per heavy atom. The van der Waals surface area contributed by atoms with Gasteiger partial charge in [0.1, 0.15) is 29.9 Å². The Hall–Kier alpha value is -2.35. The number of hydrogen-bond acceptors (Lipinski definition) is 4. The molecule has 1 aromatic heterocycles. The lowest BCUT2D eigenvalue weighted by atomic mass is 9.92. The van der Waals surface area contributed by atoms with Crippen molar-refractivity contribution in [3.05, 3.63) is 83.9 Å². The van der Waals surface area contributed by atoms with Crippen molar-refractivity contribution in [3.63, 3.8) is 0 Å². The lowest BCUT2D eigenvalue weighted by Gasteiger charge is -2.33. The van der Waals surface area contributed by atoms with Gasteiger partial charge in [-0.3, -0.25) is 0 Å². The van der Waals surface area contributed by atoms with Crippen LogP contribution >= 0.6 is 12.4 Å². The van der Waals surface area contributed by atoms with Crippen molar-refractivity contribution in [3.8, 4) is 0 Å². The van der Waals surface area contributed by atoms with Crippen LogP contribution in [-0.2, 0) is 18.6 Å². The molecule has 2 aromatic carbocycles. The van der Waals surface area contributed by atoms with Crippen molar-refractivity contribution >= 4 is 12.4 Å². The summed E-state index contributed by atoms with van der Waals surface area (Å²) in [5, 5.41) is 15.3. The minimum Gasteiger partial charge on any atom is -0.382 e. The number of nitrogens with zero attached hydrogens (tertiary/aromatic N) is 4. The van der Waals surface area contributed by atoms with E-state index < -0.39 is 17.2 Å². The summed E-state index contributed by atoms with van der Waals surface area (Å²) in [6, 6.07) is 13.2. The third kappa shape index (κ3) is 5.58. The first-order valence-electron chi connectivity index (χ1n) is 8.69. The molecule has 0 aliphatic heterocycles. The zero-order valence-electron chi connectivity index (χ0n) is 15.5. The molecule has 0 spiro atoms. The third-order valence-electron chi connectivity index (χ3n) is 4.48. The van der Waals surface area contributed by atoms with Gasteiger partial charge in [-0.2, -0.15) is 5.10 Å². The molecule has 0 fully saturated rings. The van der Waals surface area contributed by atoms with Crippen molar-refractivity contribution < 1.29 is 13.9 Å². The predicted octanol–water partition coefficient (Wildman–Crippen LogP) is 3.04. The van der Waals surface area contributed by atoms with Crippen LogP contribution in [0.15, 0.2) is 61.2 Å². The molecule has 3 rings (SSSR count). The molecule has 1 atom stereocenters. The molecule has 150 valence electrons. The van der Waals surface area contributed by atoms with Gasteiger partial charge in [0.2, 0.25) is 0 Å². The van der Waals surface area contributed by atoms with Gasteiger partial charge in [0.05, 0.1) is 6.54 Å². The Kier molecular flexibility index (Phi) is 7.62. The van der Waals surface area contributed by atoms with Gasteiger partial charge >= 0.3 is 0 Å². The van der Waals surface area contributed by atoms with E-state index in [2.05, 4.69) is 10.1 Å².